The summed E-state index contributed by atoms with van der Waals surface area (Å²) in [5, 5.41) is 7.38. The zero-order valence-corrected chi connectivity index (χ0v) is 35.8. The zero-order valence-electron chi connectivity index (χ0n) is 35.8. The van der Waals surface area contributed by atoms with Gasteiger partial charge >= 0.3 is 12.2 Å². The van der Waals surface area contributed by atoms with E-state index in [0.29, 0.717) is 43.3 Å². The molecule has 0 saturated carbocycles. The molecule has 1 saturated heterocycles. The first-order valence-electron chi connectivity index (χ1n) is 21.1. The Morgan fingerprint density at radius 1 is 0.935 bits per heavy atom. The van der Waals surface area contributed by atoms with Crippen molar-refractivity contribution in [1.29, 1.82) is 0 Å². The molecule has 322 valence electrons. The summed E-state index contributed by atoms with van der Waals surface area (Å²) >= 11 is 0. The maximum absolute atomic E-state index is 14.2. The number of benzene rings is 4. The summed E-state index contributed by atoms with van der Waals surface area (Å²) < 4.78 is 16.1. The largest absolute Gasteiger partial charge is 0.488 e. The number of ether oxygens (including phenoxy) is 3. The third-order valence-electron chi connectivity index (χ3n) is 12.0. The highest BCUT2D eigenvalue weighted by molar-refractivity contribution is 6.07. The van der Waals surface area contributed by atoms with Crippen LogP contribution in [0.4, 0.5) is 9.59 Å². The molecule has 4 atom stereocenters. The number of imidazole rings is 2. The lowest BCUT2D eigenvalue weighted by molar-refractivity contribution is -0.136. The van der Waals surface area contributed by atoms with Crippen LogP contribution >= 0.6 is 0 Å². The van der Waals surface area contributed by atoms with Crippen LogP contribution in [0, 0.1) is 5.92 Å². The molecule has 0 bridgehead atoms. The Balaban J connectivity index is 1.04. The molecule has 2 aliphatic rings. The minimum Gasteiger partial charge on any atom is -0.488 e. The van der Waals surface area contributed by atoms with Crippen LogP contribution < -0.4 is 15.4 Å². The van der Waals surface area contributed by atoms with Crippen LogP contribution in [0.25, 0.3) is 44.2 Å². The molecule has 0 unspecified atom stereocenters. The number of fused-ring (bicyclic) bond motifs is 6. The molecular weight excluding hydrogens is 789 g/mol. The van der Waals surface area contributed by atoms with E-state index in [1.54, 1.807) is 16.0 Å². The number of carbonyl (C=O) groups is 4. The molecule has 4 N–H and O–H groups in total. The van der Waals surface area contributed by atoms with Gasteiger partial charge in [0.2, 0.25) is 5.91 Å². The topological polar surface area (TPSA) is 184 Å². The van der Waals surface area contributed by atoms with Gasteiger partial charge in [0.05, 0.1) is 49.2 Å². The van der Waals surface area contributed by atoms with Gasteiger partial charge in [-0.15, -0.1) is 0 Å². The normalized spacial score (nSPS) is 15.9. The number of aromatic nitrogens is 4. The average molecular weight is 841 g/mol. The maximum atomic E-state index is 14.2. The maximum Gasteiger partial charge on any atom is 0.407 e. The first kappa shape index (κ1) is 41.8. The van der Waals surface area contributed by atoms with E-state index < -0.39 is 30.3 Å². The van der Waals surface area contributed by atoms with Gasteiger partial charge in [0, 0.05) is 24.0 Å². The number of hydrogen-bond donors (Lipinski definition) is 4. The summed E-state index contributed by atoms with van der Waals surface area (Å²) in [5.74, 6) is 1.55. The van der Waals surface area contributed by atoms with Crippen molar-refractivity contribution in [3.05, 3.63) is 102 Å². The standard InChI is InChI=1S/C47H52N8O7/c1-7-19-54(45(57)40(53-47(59)61-6)28-12-9-8-10-13-28)27(4)42-49-35-18-16-29-22-34-32-17-15-30(21-31(32)25-62-38(34)23-33(29)41(35)51-42)36-24-48-43(50-36)37-14-11-20-55(37)44(56)39(26(2)3)52-46(58)60-5/h8-10,12-13,15-18,21-24,26-27,37,39-40H,7,11,14,19-20,25H2,1-6H3,(H,48,50)(H,49,51)(H,52,58)(H,53,59)/t27-,37-,39-,40+/m0/s1. The minimum atomic E-state index is -0.940. The second kappa shape index (κ2) is 17.6. The third-order valence-corrected chi connectivity index (χ3v) is 12.0. The number of rotatable bonds is 12. The SMILES string of the molecule is CCCN(C(=O)[C@H](NC(=O)OC)c1ccccc1)[C@@H](C)c1nc2ccc3cc4c(cc3c2[nH]1)OCc1cc(-c2cnc([C@@H]3CCCN3C(=O)[C@@H](NC(=O)OC)C(C)C)[nH]2)ccc1-4. The van der Waals surface area contributed by atoms with E-state index in [1.165, 1.54) is 14.2 Å². The van der Waals surface area contributed by atoms with E-state index in [0.717, 1.165) is 68.3 Å². The number of alkyl carbamates (subject to hydrolysis) is 2. The highest BCUT2D eigenvalue weighted by Gasteiger charge is 2.38. The van der Waals surface area contributed by atoms with Crippen molar-refractivity contribution < 1.29 is 33.4 Å². The number of likely N-dealkylation sites (tertiary alicyclic amines) is 1. The Kier molecular flexibility index (Phi) is 11.9. The second-order valence-electron chi connectivity index (χ2n) is 16.2. The monoisotopic (exact) mass is 840 g/mol. The van der Waals surface area contributed by atoms with Crippen molar-refractivity contribution in [1.82, 2.24) is 40.4 Å². The highest BCUT2D eigenvalue weighted by Crippen LogP contribution is 2.43. The lowest BCUT2D eigenvalue weighted by Crippen LogP contribution is -2.51. The number of hydrogen-bond acceptors (Lipinski definition) is 9. The molecule has 1 fully saturated rings. The number of aromatic amines is 2. The van der Waals surface area contributed by atoms with Crippen LogP contribution in [0.1, 0.15) is 87.9 Å². The molecule has 15 heteroatoms. The Hall–Kier alpha value is -6.90. The van der Waals surface area contributed by atoms with Gasteiger partial charge in [-0.1, -0.05) is 69.3 Å². The van der Waals surface area contributed by atoms with Crippen molar-refractivity contribution in [3.8, 4) is 28.1 Å². The Labute approximate surface area is 359 Å². The first-order chi connectivity index (χ1) is 30.0. The van der Waals surface area contributed by atoms with Gasteiger partial charge in [0.25, 0.3) is 5.91 Å². The fourth-order valence-electron chi connectivity index (χ4n) is 8.68. The molecule has 6 aromatic rings. The lowest BCUT2D eigenvalue weighted by atomic mass is 9.92. The first-order valence-corrected chi connectivity index (χ1v) is 21.1. The minimum absolute atomic E-state index is 0.122. The van der Waals surface area contributed by atoms with Crippen molar-refractivity contribution >= 4 is 45.8 Å². The number of amides is 4. The molecule has 0 radical (unpaired) electrons. The Bertz CT molecular complexity index is 2640. The van der Waals surface area contributed by atoms with E-state index in [4.69, 9.17) is 24.2 Å². The van der Waals surface area contributed by atoms with Gasteiger partial charge in [-0.2, -0.15) is 0 Å². The molecule has 0 spiro atoms. The fraction of sp³-hybridized carbons (Fsp3) is 0.362. The van der Waals surface area contributed by atoms with E-state index in [9.17, 15) is 19.2 Å². The summed E-state index contributed by atoms with van der Waals surface area (Å²) in [7, 11) is 2.56. The van der Waals surface area contributed by atoms with Gasteiger partial charge < -0.3 is 44.6 Å². The van der Waals surface area contributed by atoms with Gasteiger partial charge in [-0.25, -0.2) is 19.6 Å². The van der Waals surface area contributed by atoms with Crippen LogP contribution in [-0.2, 0) is 25.7 Å². The van der Waals surface area contributed by atoms with Crippen LogP contribution in [0.3, 0.4) is 0 Å². The zero-order chi connectivity index (χ0) is 43.7. The molecule has 62 heavy (non-hydrogen) atoms. The molecule has 4 amide bonds. The summed E-state index contributed by atoms with van der Waals surface area (Å²) in [4.78, 5) is 72.6. The van der Waals surface area contributed by atoms with Crippen molar-refractivity contribution in [2.45, 2.75) is 77.7 Å². The van der Waals surface area contributed by atoms with Gasteiger partial charge in [-0.3, -0.25) is 9.59 Å². The number of H-pyrrole nitrogens is 2. The van der Waals surface area contributed by atoms with E-state index >= 15 is 0 Å². The van der Waals surface area contributed by atoms with Crippen molar-refractivity contribution in [3.63, 3.8) is 0 Å². The number of nitrogens with one attached hydrogen (secondary N) is 4. The molecule has 4 aromatic carbocycles. The van der Waals surface area contributed by atoms with Crippen LogP contribution in [0.15, 0.2) is 79.0 Å². The number of carbonyl (C=O) groups excluding carboxylic acids is 4. The van der Waals surface area contributed by atoms with Crippen LogP contribution in [-0.4, -0.2) is 87.1 Å². The van der Waals surface area contributed by atoms with Gasteiger partial charge in [0.15, 0.2) is 0 Å². The van der Waals surface area contributed by atoms with Gasteiger partial charge in [0.1, 0.15) is 36.1 Å². The van der Waals surface area contributed by atoms with E-state index in [1.807, 2.05) is 64.1 Å². The Morgan fingerprint density at radius 3 is 2.45 bits per heavy atom. The van der Waals surface area contributed by atoms with Crippen LogP contribution in [0.5, 0.6) is 5.75 Å². The predicted molar refractivity (Wildman–Crippen MR) is 234 cm³/mol. The molecule has 15 nitrogen and oxygen atoms in total. The summed E-state index contributed by atoms with van der Waals surface area (Å²) in [6, 6.07) is 21.3. The Morgan fingerprint density at radius 2 is 1.71 bits per heavy atom. The average Bonchev–Trinajstić information content (AvgIpc) is 4.08. The fourth-order valence-corrected chi connectivity index (χ4v) is 8.68. The molecule has 4 heterocycles. The third kappa shape index (κ3) is 8.02. The number of nitrogens with zero attached hydrogens (tertiary/aromatic N) is 4. The number of methoxy groups -OCH3 is 2. The smallest absolute Gasteiger partial charge is 0.407 e. The van der Waals surface area contributed by atoms with E-state index in [2.05, 4.69) is 57.0 Å². The van der Waals surface area contributed by atoms with Crippen molar-refractivity contribution in [2.24, 2.45) is 5.92 Å². The van der Waals surface area contributed by atoms with E-state index in [-0.39, 0.29) is 23.8 Å². The molecular formula is C47H52N8O7. The van der Waals surface area contributed by atoms with Crippen LogP contribution in [0.2, 0.25) is 0 Å². The quantitative estimate of drug-likeness (QED) is 0.0946. The molecule has 2 aliphatic heterocycles. The summed E-state index contributed by atoms with van der Waals surface area (Å²) in [6.07, 6.45) is 2.77. The molecule has 0 aliphatic carbocycles. The summed E-state index contributed by atoms with van der Waals surface area (Å²) in [5.41, 5.74) is 7.12. The molecule has 2 aromatic heterocycles. The second-order valence-corrected chi connectivity index (χ2v) is 16.2. The van der Waals surface area contributed by atoms with Crippen molar-refractivity contribution in [2.75, 3.05) is 27.3 Å². The highest BCUT2D eigenvalue weighted by atomic mass is 16.5. The van der Waals surface area contributed by atoms with Gasteiger partial charge in [-0.05, 0) is 84.0 Å². The lowest BCUT2D eigenvalue weighted by Gasteiger charge is -2.31. The molecule has 8 rings (SSSR count). The summed E-state index contributed by atoms with van der Waals surface area (Å²) in [6.45, 7) is 9.14. The predicted octanol–water partition coefficient (Wildman–Crippen LogP) is 8.11.